The van der Waals surface area contributed by atoms with Crippen molar-refractivity contribution in [2.75, 3.05) is 25.2 Å². The molecule has 5 rings (SSSR count). The van der Waals surface area contributed by atoms with E-state index >= 15 is 0 Å². The first-order chi connectivity index (χ1) is 15.7. The number of benzene rings is 1. The smallest absolute Gasteiger partial charge is 0.231 e. The number of fused-ring (bicyclic) bond motifs is 1. The molecule has 1 aromatic carbocycles. The minimum Gasteiger partial charge on any atom is -0.454 e. The van der Waals surface area contributed by atoms with Crippen LogP contribution in [-0.4, -0.2) is 46.7 Å². The van der Waals surface area contributed by atoms with Gasteiger partial charge in [-0.15, -0.1) is 11.3 Å². The van der Waals surface area contributed by atoms with Gasteiger partial charge in [-0.25, -0.2) is 0 Å². The number of piperidine rings is 1. The zero-order valence-electron chi connectivity index (χ0n) is 17.3. The first-order valence-corrected chi connectivity index (χ1v) is 11.4. The molecule has 0 unspecified atom stereocenters. The van der Waals surface area contributed by atoms with Crippen LogP contribution in [0.3, 0.4) is 0 Å². The van der Waals surface area contributed by atoms with Crippen LogP contribution >= 0.6 is 11.3 Å². The van der Waals surface area contributed by atoms with E-state index in [0.29, 0.717) is 67.7 Å². The third-order valence-electron chi connectivity index (χ3n) is 5.62. The Morgan fingerprint density at radius 3 is 2.81 bits per heavy atom. The van der Waals surface area contributed by atoms with Crippen LogP contribution in [0, 0.1) is 5.92 Å². The molecule has 9 nitrogen and oxygen atoms in total. The summed E-state index contributed by atoms with van der Waals surface area (Å²) in [6.45, 7) is 1.31. The van der Waals surface area contributed by atoms with E-state index in [9.17, 15) is 9.59 Å². The Labute approximate surface area is 188 Å². The van der Waals surface area contributed by atoms with Crippen LogP contribution in [-0.2, 0) is 16.0 Å². The quantitative estimate of drug-likeness (QED) is 0.609. The molecule has 0 saturated carbocycles. The van der Waals surface area contributed by atoms with E-state index in [2.05, 4.69) is 15.5 Å². The second kappa shape index (κ2) is 8.99. The molecule has 3 aromatic rings. The molecule has 1 saturated heterocycles. The van der Waals surface area contributed by atoms with E-state index in [1.165, 1.54) is 11.3 Å². The van der Waals surface area contributed by atoms with Crippen molar-refractivity contribution in [2.24, 2.45) is 5.92 Å². The number of carbonyl (C=O) groups excluding carboxylic acids is 2. The number of nitrogens with zero attached hydrogens (tertiary/aromatic N) is 3. The van der Waals surface area contributed by atoms with Crippen LogP contribution in [0.15, 0.2) is 40.2 Å². The largest absolute Gasteiger partial charge is 0.454 e. The minimum absolute atomic E-state index is 0.0375. The fraction of sp³-hybridized carbons (Fsp3) is 0.364. The van der Waals surface area contributed by atoms with Gasteiger partial charge in [0.1, 0.15) is 0 Å². The van der Waals surface area contributed by atoms with Crippen LogP contribution in [0.1, 0.15) is 25.2 Å². The topological polar surface area (TPSA) is 107 Å². The first-order valence-electron chi connectivity index (χ1n) is 10.5. The zero-order chi connectivity index (χ0) is 21.9. The summed E-state index contributed by atoms with van der Waals surface area (Å²) in [6.07, 6.45) is 1.97. The minimum atomic E-state index is -0.131. The van der Waals surface area contributed by atoms with Gasteiger partial charge in [-0.3, -0.25) is 9.59 Å². The van der Waals surface area contributed by atoms with Gasteiger partial charge in [0.25, 0.3) is 0 Å². The average Bonchev–Trinajstić information content (AvgIpc) is 3.58. The zero-order valence-corrected chi connectivity index (χ0v) is 18.1. The van der Waals surface area contributed by atoms with Crippen molar-refractivity contribution in [2.45, 2.75) is 25.7 Å². The number of aryl methyl sites for hydroxylation is 1. The van der Waals surface area contributed by atoms with Gasteiger partial charge in [0.2, 0.25) is 30.3 Å². The van der Waals surface area contributed by atoms with Crippen molar-refractivity contribution >= 4 is 28.8 Å². The number of nitrogens with one attached hydrogen (secondary N) is 1. The van der Waals surface area contributed by atoms with Crippen LogP contribution in [0.25, 0.3) is 10.7 Å². The SMILES string of the molecule is O=C(Nc1ccc2c(c1)OCO2)C1CCN(C(=O)CCc2nc(-c3cccs3)no2)CC1. The molecule has 1 N–H and O–H groups in total. The predicted molar refractivity (Wildman–Crippen MR) is 116 cm³/mol. The highest BCUT2D eigenvalue weighted by Gasteiger charge is 2.28. The maximum absolute atomic E-state index is 12.6. The monoisotopic (exact) mass is 454 g/mol. The molecule has 0 atom stereocenters. The molecule has 32 heavy (non-hydrogen) atoms. The molecule has 0 radical (unpaired) electrons. The molecule has 4 heterocycles. The molecular weight excluding hydrogens is 432 g/mol. The van der Waals surface area contributed by atoms with Crippen molar-refractivity contribution in [1.82, 2.24) is 15.0 Å². The summed E-state index contributed by atoms with van der Waals surface area (Å²) < 4.78 is 15.9. The molecule has 2 aromatic heterocycles. The number of carbonyl (C=O) groups is 2. The lowest BCUT2D eigenvalue weighted by Crippen LogP contribution is -2.41. The van der Waals surface area contributed by atoms with Gasteiger partial charge in [-0.05, 0) is 36.4 Å². The van der Waals surface area contributed by atoms with E-state index in [1.54, 1.807) is 23.1 Å². The summed E-state index contributed by atoms with van der Waals surface area (Å²) in [5, 5.41) is 8.87. The molecule has 0 spiro atoms. The van der Waals surface area contributed by atoms with Crippen LogP contribution < -0.4 is 14.8 Å². The number of hydrogen-bond donors (Lipinski definition) is 1. The molecule has 10 heteroatoms. The summed E-state index contributed by atoms with van der Waals surface area (Å²) in [5.41, 5.74) is 0.680. The van der Waals surface area contributed by atoms with Crippen molar-refractivity contribution < 1.29 is 23.6 Å². The van der Waals surface area contributed by atoms with Crippen LogP contribution in [0.2, 0.25) is 0 Å². The summed E-state index contributed by atoms with van der Waals surface area (Å²) in [7, 11) is 0. The van der Waals surface area contributed by atoms with Crippen LogP contribution in [0.4, 0.5) is 5.69 Å². The van der Waals surface area contributed by atoms with Gasteiger partial charge >= 0.3 is 0 Å². The van der Waals surface area contributed by atoms with Gasteiger partial charge < -0.3 is 24.2 Å². The van der Waals surface area contributed by atoms with Gasteiger partial charge in [0.05, 0.1) is 4.88 Å². The van der Waals surface area contributed by atoms with E-state index in [4.69, 9.17) is 14.0 Å². The molecule has 2 aliphatic heterocycles. The second-order valence-electron chi connectivity index (χ2n) is 7.70. The van der Waals surface area contributed by atoms with Crippen molar-refractivity contribution in [1.29, 1.82) is 0 Å². The maximum Gasteiger partial charge on any atom is 0.231 e. The molecule has 0 bridgehead atoms. The van der Waals surface area contributed by atoms with E-state index in [0.717, 1.165) is 4.88 Å². The van der Waals surface area contributed by atoms with Gasteiger partial charge in [-0.2, -0.15) is 4.98 Å². The number of hydrogen-bond acceptors (Lipinski definition) is 8. The lowest BCUT2D eigenvalue weighted by atomic mass is 9.95. The van der Waals surface area contributed by atoms with E-state index < -0.39 is 0 Å². The standard InChI is InChI=1S/C22H22N4O5S/c27-20(6-5-19-24-21(25-31-19)18-2-1-11-32-18)26-9-7-14(8-10-26)22(28)23-15-3-4-16-17(12-15)30-13-29-16/h1-4,11-12,14H,5-10,13H2,(H,23,28). The number of likely N-dealkylation sites (tertiary alicyclic amines) is 1. The Kier molecular flexibility index (Phi) is 5.76. The molecule has 166 valence electrons. The predicted octanol–water partition coefficient (Wildman–Crippen LogP) is 3.34. The van der Waals surface area contributed by atoms with Crippen LogP contribution in [0.5, 0.6) is 11.5 Å². The first kappa shape index (κ1) is 20.5. The lowest BCUT2D eigenvalue weighted by molar-refractivity contribution is -0.134. The summed E-state index contributed by atoms with van der Waals surface area (Å²) in [4.78, 5) is 32.3. The molecule has 2 aliphatic rings. The summed E-state index contributed by atoms with van der Waals surface area (Å²) >= 11 is 1.54. The van der Waals surface area contributed by atoms with Gasteiger partial charge in [0.15, 0.2) is 11.5 Å². The fourth-order valence-corrected chi connectivity index (χ4v) is 4.49. The van der Waals surface area contributed by atoms with Gasteiger partial charge in [-0.1, -0.05) is 11.2 Å². The third-order valence-corrected chi connectivity index (χ3v) is 6.49. The molecule has 1 fully saturated rings. The average molecular weight is 455 g/mol. The molecular formula is C22H22N4O5S. The Hall–Kier alpha value is -3.40. The number of thiophene rings is 1. The normalized spacial score (nSPS) is 15.7. The fourth-order valence-electron chi connectivity index (χ4n) is 3.84. The number of rotatable bonds is 6. The summed E-state index contributed by atoms with van der Waals surface area (Å²) in [5.74, 6) is 2.19. The van der Waals surface area contributed by atoms with Crippen molar-refractivity contribution in [3.63, 3.8) is 0 Å². The van der Waals surface area contributed by atoms with Crippen molar-refractivity contribution in [3.05, 3.63) is 41.6 Å². The maximum atomic E-state index is 12.6. The third kappa shape index (κ3) is 4.45. The highest BCUT2D eigenvalue weighted by atomic mass is 32.1. The molecule has 0 aliphatic carbocycles. The number of aromatic nitrogens is 2. The number of ether oxygens (including phenoxy) is 2. The Bertz CT molecular complexity index is 1110. The number of anilines is 1. The highest BCUT2D eigenvalue weighted by Crippen LogP contribution is 2.34. The Morgan fingerprint density at radius 1 is 1.16 bits per heavy atom. The Morgan fingerprint density at radius 2 is 2.00 bits per heavy atom. The lowest BCUT2D eigenvalue weighted by Gasteiger charge is -2.31. The highest BCUT2D eigenvalue weighted by molar-refractivity contribution is 7.13. The number of amides is 2. The Balaban J connectivity index is 1.08. The van der Waals surface area contributed by atoms with Crippen molar-refractivity contribution in [3.8, 4) is 22.2 Å². The van der Waals surface area contributed by atoms with E-state index in [1.807, 2.05) is 17.5 Å². The second-order valence-corrected chi connectivity index (χ2v) is 8.65. The molecule has 2 amide bonds. The van der Waals surface area contributed by atoms with E-state index in [-0.39, 0.29) is 24.5 Å². The van der Waals surface area contributed by atoms with Gasteiger partial charge in [0, 0.05) is 43.6 Å². The summed E-state index contributed by atoms with van der Waals surface area (Å²) in [6, 6.07) is 9.20.